The van der Waals surface area contributed by atoms with Gasteiger partial charge in [0.25, 0.3) is 11.8 Å². The van der Waals surface area contributed by atoms with Crippen LogP contribution in [0.1, 0.15) is 57.2 Å². The number of nitrogens with one attached hydrogen (secondary N) is 1. The van der Waals surface area contributed by atoms with Gasteiger partial charge in [0.15, 0.2) is 0 Å². The molecule has 9 heteroatoms. The Morgan fingerprint density at radius 1 is 1.15 bits per heavy atom. The monoisotopic (exact) mass is 547 g/mol. The van der Waals surface area contributed by atoms with E-state index in [2.05, 4.69) is 10.3 Å². The number of likely N-dealkylation sites (N-methyl/N-ethyl adjacent to an activating group) is 1. The van der Waals surface area contributed by atoms with Crippen LogP contribution in [0.15, 0.2) is 54.7 Å². The first kappa shape index (κ1) is 29.0. The van der Waals surface area contributed by atoms with Crippen molar-refractivity contribution >= 4 is 29.0 Å². The number of hydrogen-bond acceptors (Lipinski definition) is 6. The van der Waals surface area contributed by atoms with Crippen molar-refractivity contribution < 1.29 is 18.7 Å². The fourth-order valence-corrected chi connectivity index (χ4v) is 5.00. The molecule has 0 saturated carbocycles. The van der Waals surface area contributed by atoms with E-state index in [9.17, 15) is 9.59 Å². The molecule has 0 atom stereocenters. The maximum atomic E-state index is 15.7. The number of nitrogen functional groups attached to an aromatic ring is 1. The third-order valence-electron chi connectivity index (χ3n) is 7.61. The molecule has 1 aromatic heterocycles. The Kier molecular flexibility index (Phi) is 9.04. The number of hydrogen-bond donors (Lipinski definition) is 2. The normalized spacial score (nSPS) is 14.6. The van der Waals surface area contributed by atoms with Crippen LogP contribution in [-0.2, 0) is 16.8 Å². The summed E-state index contributed by atoms with van der Waals surface area (Å²) in [5, 5.41) is 2.97. The number of ether oxygens (including phenoxy) is 1. The number of aromatic nitrogens is 1. The van der Waals surface area contributed by atoms with Crippen LogP contribution < -0.4 is 16.0 Å². The van der Waals surface area contributed by atoms with E-state index in [0.717, 1.165) is 16.9 Å². The molecule has 2 aromatic carbocycles. The van der Waals surface area contributed by atoms with Crippen molar-refractivity contribution in [2.45, 2.75) is 38.8 Å². The van der Waals surface area contributed by atoms with E-state index in [0.29, 0.717) is 60.7 Å². The molecule has 1 aliphatic rings. The number of aryl methyl sites for hydroxylation is 2. The molecule has 4 rings (SSSR count). The summed E-state index contributed by atoms with van der Waals surface area (Å²) in [6, 6.07) is 14.0. The Morgan fingerprint density at radius 2 is 1.85 bits per heavy atom. The van der Waals surface area contributed by atoms with Gasteiger partial charge in [0.1, 0.15) is 11.5 Å². The minimum atomic E-state index is -1.49. The molecule has 40 heavy (non-hydrogen) atoms. The van der Waals surface area contributed by atoms with E-state index in [1.54, 1.807) is 54.5 Å². The number of amides is 2. The summed E-state index contributed by atoms with van der Waals surface area (Å²) in [6.07, 6.45) is 2.64. The highest BCUT2D eigenvalue weighted by atomic mass is 19.1. The van der Waals surface area contributed by atoms with Crippen LogP contribution >= 0.6 is 0 Å². The number of piperidine rings is 1. The zero-order chi connectivity index (χ0) is 28.9. The molecule has 0 unspecified atom stereocenters. The SMILES string of the molecule is CCc1cc(C)c(C(=O)N2CCC(F)(c3ccc(N)cc3)CC2)cc1NC(=O)c1ccc(N(C)CCOC)nc1. The van der Waals surface area contributed by atoms with Gasteiger partial charge in [-0.05, 0) is 60.4 Å². The second kappa shape index (κ2) is 12.5. The van der Waals surface area contributed by atoms with Gasteiger partial charge in [-0.1, -0.05) is 25.1 Å². The zero-order valence-electron chi connectivity index (χ0n) is 23.7. The van der Waals surface area contributed by atoms with Crippen molar-refractivity contribution in [2.24, 2.45) is 0 Å². The van der Waals surface area contributed by atoms with E-state index in [1.807, 2.05) is 31.9 Å². The Balaban J connectivity index is 1.47. The molecule has 3 aromatic rings. The smallest absolute Gasteiger partial charge is 0.257 e. The average Bonchev–Trinajstić information content (AvgIpc) is 2.97. The highest BCUT2D eigenvalue weighted by Crippen LogP contribution is 2.38. The van der Waals surface area contributed by atoms with Crippen molar-refractivity contribution in [1.29, 1.82) is 0 Å². The summed E-state index contributed by atoms with van der Waals surface area (Å²) >= 11 is 0. The van der Waals surface area contributed by atoms with E-state index in [4.69, 9.17) is 10.5 Å². The van der Waals surface area contributed by atoms with Gasteiger partial charge >= 0.3 is 0 Å². The van der Waals surface area contributed by atoms with E-state index in [1.165, 1.54) is 6.20 Å². The number of likely N-dealkylation sites (tertiary alicyclic amines) is 1. The van der Waals surface area contributed by atoms with Crippen LogP contribution in [0.5, 0.6) is 0 Å². The number of nitrogens with zero attached hydrogens (tertiary/aromatic N) is 3. The third kappa shape index (κ3) is 6.42. The van der Waals surface area contributed by atoms with Gasteiger partial charge in [0, 0.05) is 69.8 Å². The summed E-state index contributed by atoms with van der Waals surface area (Å²) in [5.41, 5.74) is 8.69. The van der Waals surface area contributed by atoms with Gasteiger partial charge < -0.3 is 25.6 Å². The lowest BCUT2D eigenvalue weighted by molar-refractivity contribution is 0.0421. The van der Waals surface area contributed by atoms with Crippen molar-refractivity contribution in [3.63, 3.8) is 0 Å². The number of carbonyl (C=O) groups excluding carboxylic acids is 2. The quantitative estimate of drug-likeness (QED) is 0.367. The Morgan fingerprint density at radius 3 is 2.45 bits per heavy atom. The maximum Gasteiger partial charge on any atom is 0.257 e. The van der Waals surface area contributed by atoms with Gasteiger partial charge in [-0.3, -0.25) is 9.59 Å². The van der Waals surface area contributed by atoms with Crippen LogP contribution in [0.25, 0.3) is 0 Å². The fraction of sp³-hybridized carbons (Fsp3) is 0.387. The van der Waals surface area contributed by atoms with Gasteiger partial charge in [-0.15, -0.1) is 0 Å². The van der Waals surface area contributed by atoms with Crippen molar-refractivity contribution in [3.8, 4) is 0 Å². The summed E-state index contributed by atoms with van der Waals surface area (Å²) < 4.78 is 20.8. The molecular weight excluding hydrogens is 509 g/mol. The third-order valence-corrected chi connectivity index (χ3v) is 7.61. The van der Waals surface area contributed by atoms with Crippen LogP contribution in [0.2, 0.25) is 0 Å². The zero-order valence-corrected chi connectivity index (χ0v) is 23.7. The first-order chi connectivity index (χ1) is 19.1. The lowest BCUT2D eigenvalue weighted by Gasteiger charge is -2.37. The van der Waals surface area contributed by atoms with Gasteiger partial charge in [0.2, 0.25) is 0 Å². The minimum absolute atomic E-state index is 0.167. The average molecular weight is 548 g/mol. The molecule has 2 amide bonds. The number of pyridine rings is 1. The lowest BCUT2D eigenvalue weighted by Crippen LogP contribution is -2.43. The van der Waals surface area contributed by atoms with Crippen LogP contribution in [0.4, 0.5) is 21.6 Å². The number of rotatable bonds is 9. The number of methoxy groups -OCH3 is 1. The fourth-order valence-electron chi connectivity index (χ4n) is 5.00. The minimum Gasteiger partial charge on any atom is -0.399 e. The highest BCUT2D eigenvalue weighted by molar-refractivity contribution is 6.05. The maximum absolute atomic E-state index is 15.7. The first-order valence-electron chi connectivity index (χ1n) is 13.6. The second-order valence-electron chi connectivity index (χ2n) is 10.3. The van der Waals surface area contributed by atoms with Crippen molar-refractivity contribution in [1.82, 2.24) is 9.88 Å². The molecule has 0 radical (unpaired) electrons. The molecule has 0 aliphatic carbocycles. The standard InChI is InChI=1S/C31H38FN5O3/c1-5-22-18-21(2)26(30(39)37-14-12-31(32,13-15-37)24-7-9-25(33)10-8-24)19-27(22)35-29(38)23-6-11-28(34-20-23)36(3)16-17-40-4/h6-11,18-20H,5,12-17,33H2,1-4H3,(H,35,38). The predicted octanol–water partition coefficient (Wildman–Crippen LogP) is 4.97. The molecule has 1 saturated heterocycles. The van der Waals surface area contributed by atoms with Crippen LogP contribution in [0, 0.1) is 6.92 Å². The largest absolute Gasteiger partial charge is 0.399 e. The molecule has 1 fully saturated rings. The second-order valence-corrected chi connectivity index (χ2v) is 10.3. The topological polar surface area (TPSA) is 101 Å². The Hall–Kier alpha value is -3.98. The number of nitrogens with two attached hydrogens (primary N) is 1. The van der Waals surface area contributed by atoms with Crippen molar-refractivity contribution in [3.05, 3.63) is 82.5 Å². The first-order valence-corrected chi connectivity index (χ1v) is 13.6. The predicted molar refractivity (Wildman–Crippen MR) is 157 cm³/mol. The van der Waals surface area contributed by atoms with Gasteiger partial charge in [-0.25, -0.2) is 9.37 Å². The van der Waals surface area contributed by atoms with Crippen LogP contribution in [-0.4, -0.2) is 62.1 Å². The summed E-state index contributed by atoms with van der Waals surface area (Å²) in [4.78, 5) is 34.7. The number of benzene rings is 2. The van der Waals surface area contributed by atoms with E-state index in [-0.39, 0.29) is 24.7 Å². The molecule has 8 nitrogen and oxygen atoms in total. The number of anilines is 3. The summed E-state index contributed by atoms with van der Waals surface area (Å²) in [5.74, 6) is 0.264. The molecule has 0 spiro atoms. The van der Waals surface area contributed by atoms with Crippen LogP contribution in [0.3, 0.4) is 0 Å². The molecule has 212 valence electrons. The van der Waals surface area contributed by atoms with E-state index >= 15 is 4.39 Å². The summed E-state index contributed by atoms with van der Waals surface area (Å²) in [7, 11) is 3.56. The molecule has 3 N–H and O–H groups in total. The number of carbonyl (C=O) groups is 2. The molecule has 2 heterocycles. The molecule has 0 bridgehead atoms. The lowest BCUT2D eigenvalue weighted by atomic mass is 9.85. The summed E-state index contributed by atoms with van der Waals surface area (Å²) in [6.45, 7) is 5.74. The Bertz CT molecular complexity index is 1340. The highest BCUT2D eigenvalue weighted by Gasteiger charge is 2.38. The Labute approximate surface area is 235 Å². The molecule has 1 aliphatic heterocycles. The van der Waals surface area contributed by atoms with E-state index < -0.39 is 5.67 Å². The van der Waals surface area contributed by atoms with Gasteiger partial charge in [-0.2, -0.15) is 0 Å². The van der Waals surface area contributed by atoms with Crippen molar-refractivity contribution in [2.75, 3.05) is 56.3 Å². The van der Waals surface area contributed by atoms with Gasteiger partial charge in [0.05, 0.1) is 12.2 Å². The number of halogens is 1. The molecular formula is C31H38FN5O3. The number of alkyl halides is 1.